The SMILES string of the molecule is CCCCCCC(CN)N1CCc2ccccc21. The Labute approximate surface area is 111 Å². The molecule has 0 fully saturated rings. The molecule has 0 spiro atoms. The highest BCUT2D eigenvalue weighted by Gasteiger charge is 2.24. The van der Waals surface area contributed by atoms with E-state index in [0.717, 1.165) is 13.1 Å². The summed E-state index contributed by atoms with van der Waals surface area (Å²) in [5, 5.41) is 0. The van der Waals surface area contributed by atoms with Crippen LogP contribution in [-0.2, 0) is 6.42 Å². The first-order valence-corrected chi connectivity index (χ1v) is 7.41. The van der Waals surface area contributed by atoms with Crippen LogP contribution in [-0.4, -0.2) is 19.1 Å². The van der Waals surface area contributed by atoms with Gasteiger partial charge in [-0.2, -0.15) is 0 Å². The third kappa shape index (κ3) is 3.05. The topological polar surface area (TPSA) is 29.3 Å². The number of hydrogen-bond acceptors (Lipinski definition) is 2. The van der Waals surface area contributed by atoms with Gasteiger partial charge >= 0.3 is 0 Å². The van der Waals surface area contributed by atoms with Crippen molar-refractivity contribution < 1.29 is 0 Å². The van der Waals surface area contributed by atoms with E-state index in [4.69, 9.17) is 5.73 Å². The predicted octanol–water partition coefficient (Wildman–Crippen LogP) is 3.35. The molecule has 2 N–H and O–H groups in total. The van der Waals surface area contributed by atoms with E-state index in [1.54, 1.807) is 0 Å². The van der Waals surface area contributed by atoms with Crippen molar-refractivity contribution in [3.05, 3.63) is 29.8 Å². The number of anilines is 1. The van der Waals surface area contributed by atoms with E-state index in [1.807, 2.05) is 0 Å². The van der Waals surface area contributed by atoms with E-state index in [-0.39, 0.29) is 0 Å². The third-order valence-electron chi connectivity index (χ3n) is 4.03. The van der Waals surface area contributed by atoms with Gasteiger partial charge in [0.05, 0.1) is 0 Å². The standard InChI is InChI=1S/C16H26N2/c1-2-3-4-5-9-15(13-17)18-12-11-14-8-6-7-10-16(14)18/h6-8,10,15H,2-5,9,11-13,17H2,1H3. The van der Waals surface area contributed by atoms with Gasteiger partial charge in [0.1, 0.15) is 0 Å². The molecule has 0 saturated carbocycles. The first-order valence-electron chi connectivity index (χ1n) is 7.41. The molecule has 2 nitrogen and oxygen atoms in total. The third-order valence-corrected chi connectivity index (χ3v) is 4.03. The minimum atomic E-state index is 0.533. The van der Waals surface area contributed by atoms with E-state index >= 15 is 0 Å². The highest BCUT2D eigenvalue weighted by atomic mass is 15.2. The van der Waals surface area contributed by atoms with Crippen LogP contribution < -0.4 is 10.6 Å². The second-order valence-electron chi connectivity index (χ2n) is 5.31. The van der Waals surface area contributed by atoms with Gasteiger partial charge in [0.2, 0.25) is 0 Å². The van der Waals surface area contributed by atoms with Gasteiger partial charge in [0, 0.05) is 24.8 Å². The molecule has 0 bridgehead atoms. The lowest BCUT2D eigenvalue weighted by Gasteiger charge is -2.29. The minimum absolute atomic E-state index is 0.533. The number of unbranched alkanes of at least 4 members (excludes halogenated alkanes) is 3. The Kier molecular flexibility index (Phi) is 5.06. The van der Waals surface area contributed by atoms with Crippen LogP contribution in [0.5, 0.6) is 0 Å². The quantitative estimate of drug-likeness (QED) is 0.748. The summed E-state index contributed by atoms with van der Waals surface area (Å²) < 4.78 is 0. The normalized spacial score (nSPS) is 15.8. The van der Waals surface area contributed by atoms with Gasteiger partial charge in [-0.1, -0.05) is 50.8 Å². The van der Waals surface area contributed by atoms with E-state index in [9.17, 15) is 0 Å². The molecule has 18 heavy (non-hydrogen) atoms. The fraction of sp³-hybridized carbons (Fsp3) is 0.625. The van der Waals surface area contributed by atoms with E-state index < -0.39 is 0 Å². The maximum absolute atomic E-state index is 5.98. The molecule has 100 valence electrons. The summed E-state index contributed by atoms with van der Waals surface area (Å²) in [6.45, 7) is 4.19. The summed E-state index contributed by atoms with van der Waals surface area (Å²) in [5.74, 6) is 0. The molecule has 1 heterocycles. The summed E-state index contributed by atoms with van der Waals surface area (Å²) in [5.41, 5.74) is 8.89. The van der Waals surface area contributed by atoms with Crippen molar-refractivity contribution in [2.24, 2.45) is 5.73 Å². The van der Waals surface area contributed by atoms with Crippen LogP contribution in [0.15, 0.2) is 24.3 Å². The van der Waals surface area contributed by atoms with E-state index in [0.29, 0.717) is 6.04 Å². The Morgan fingerprint density at radius 1 is 1.22 bits per heavy atom. The van der Waals surface area contributed by atoms with E-state index in [1.165, 1.54) is 49.8 Å². The lowest BCUT2D eigenvalue weighted by Crippen LogP contribution is -2.39. The molecular weight excluding hydrogens is 220 g/mol. The fourth-order valence-electron chi connectivity index (χ4n) is 2.95. The van der Waals surface area contributed by atoms with Crippen molar-refractivity contribution in [3.63, 3.8) is 0 Å². The summed E-state index contributed by atoms with van der Waals surface area (Å²) in [7, 11) is 0. The molecule has 0 aromatic heterocycles. The summed E-state index contributed by atoms with van der Waals surface area (Å²) in [6.07, 6.45) is 7.75. The zero-order valence-corrected chi connectivity index (χ0v) is 11.6. The lowest BCUT2D eigenvalue weighted by molar-refractivity contribution is 0.523. The maximum atomic E-state index is 5.98. The molecule has 1 aromatic rings. The van der Waals surface area contributed by atoms with Crippen LogP contribution in [0.2, 0.25) is 0 Å². The van der Waals surface area contributed by atoms with Crippen molar-refractivity contribution in [2.75, 3.05) is 18.0 Å². The summed E-state index contributed by atoms with van der Waals surface area (Å²) >= 11 is 0. The molecule has 2 heteroatoms. The average Bonchev–Trinajstić information content (AvgIpc) is 2.83. The molecule has 0 amide bonds. The Hall–Kier alpha value is -1.02. The molecule has 0 radical (unpaired) electrons. The van der Waals surface area contributed by atoms with Crippen molar-refractivity contribution in [1.29, 1.82) is 0 Å². The minimum Gasteiger partial charge on any atom is -0.367 e. The predicted molar refractivity (Wildman–Crippen MR) is 79.1 cm³/mol. The number of rotatable bonds is 7. The highest BCUT2D eigenvalue weighted by Crippen LogP contribution is 2.30. The van der Waals surface area contributed by atoms with Gasteiger partial charge in [0.15, 0.2) is 0 Å². The summed E-state index contributed by atoms with van der Waals surface area (Å²) in [6, 6.07) is 9.31. The zero-order valence-electron chi connectivity index (χ0n) is 11.6. The number of nitrogens with zero attached hydrogens (tertiary/aromatic N) is 1. The van der Waals surface area contributed by atoms with Crippen LogP contribution in [0.4, 0.5) is 5.69 Å². The van der Waals surface area contributed by atoms with Gasteiger partial charge < -0.3 is 10.6 Å². The second kappa shape index (κ2) is 6.79. The van der Waals surface area contributed by atoms with Gasteiger partial charge in [-0.15, -0.1) is 0 Å². The lowest BCUT2D eigenvalue weighted by atomic mass is 10.1. The molecule has 1 atom stereocenters. The van der Waals surface area contributed by atoms with Gasteiger partial charge in [-0.3, -0.25) is 0 Å². The Morgan fingerprint density at radius 3 is 2.83 bits per heavy atom. The van der Waals surface area contributed by atoms with Crippen molar-refractivity contribution in [2.45, 2.75) is 51.5 Å². The monoisotopic (exact) mass is 246 g/mol. The van der Waals surface area contributed by atoms with Crippen LogP contribution in [0.3, 0.4) is 0 Å². The van der Waals surface area contributed by atoms with Gasteiger partial charge in [0.25, 0.3) is 0 Å². The van der Waals surface area contributed by atoms with Crippen molar-refractivity contribution in [3.8, 4) is 0 Å². The molecule has 1 aliphatic heterocycles. The summed E-state index contributed by atoms with van der Waals surface area (Å²) in [4.78, 5) is 2.53. The number of nitrogens with two attached hydrogens (primary N) is 1. The van der Waals surface area contributed by atoms with Crippen molar-refractivity contribution in [1.82, 2.24) is 0 Å². The molecule has 1 aliphatic rings. The molecule has 0 aliphatic carbocycles. The maximum Gasteiger partial charge on any atom is 0.0412 e. The molecule has 2 rings (SSSR count). The number of hydrogen-bond donors (Lipinski definition) is 1. The van der Waals surface area contributed by atoms with Crippen LogP contribution in [0, 0.1) is 0 Å². The number of benzene rings is 1. The highest BCUT2D eigenvalue weighted by molar-refractivity contribution is 5.58. The first kappa shape index (κ1) is 13.4. The van der Waals surface area contributed by atoms with Crippen LogP contribution in [0.1, 0.15) is 44.6 Å². The van der Waals surface area contributed by atoms with E-state index in [2.05, 4.69) is 36.1 Å². The molecule has 1 unspecified atom stereocenters. The van der Waals surface area contributed by atoms with Crippen LogP contribution >= 0.6 is 0 Å². The zero-order chi connectivity index (χ0) is 12.8. The fourth-order valence-corrected chi connectivity index (χ4v) is 2.95. The van der Waals surface area contributed by atoms with Gasteiger partial charge in [-0.05, 0) is 24.5 Å². The second-order valence-corrected chi connectivity index (χ2v) is 5.31. The smallest absolute Gasteiger partial charge is 0.0412 e. The Balaban J connectivity index is 1.93. The van der Waals surface area contributed by atoms with Crippen molar-refractivity contribution >= 4 is 5.69 Å². The van der Waals surface area contributed by atoms with Crippen LogP contribution in [0.25, 0.3) is 0 Å². The number of fused-ring (bicyclic) bond motifs is 1. The molecular formula is C16H26N2. The molecule has 1 aromatic carbocycles. The Morgan fingerprint density at radius 2 is 2.06 bits per heavy atom. The Bertz CT molecular complexity index is 362. The van der Waals surface area contributed by atoms with Gasteiger partial charge in [-0.25, -0.2) is 0 Å². The molecule has 0 saturated heterocycles. The average molecular weight is 246 g/mol. The largest absolute Gasteiger partial charge is 0.367 e. The number of para-hydroxylation sites is 1. The first-order chi connectivity index (χ1) is 8.86.